The van der Waals surface area contributed by atoms with Crippen LogP contribution in [0.1, 0.15) is 24.4 Å². The first-order chi connectivity index (χ1) is 6.66. The highest BCUT2D eigenvalue weighted by molar-refractivity contribution is 6.33. The molecule has 0 aromatic heterocycles. The summed E-state index contributed by atoms with van der Waals surface area (Å²) < 4.78 is 0. The van der Waals surface area contributed by atoms with Gasteiger partial charge in [-0.3, -0.25) is 4.79 Å². The van der Waals surface area contributed by atoms with Crippen LogP contribution in [0.4, 0.5) is 5.69 Å². The number of nitrogens with one attached hydrogen (secondary N) is 1. The van der Waals surface area contributed by atoms with Crippen LogP contribution in [0.3, 0.4) is 0 Å². The fraction of sp³-hybridized carbons (Fsp3) is 0.300. The molecule has 1 aromatic carbocycles. The zero-order valence-electron chi connectivity index (χ0n) is 7.59. The molecule has 4 heteroatoms. The molecular weight excluding hydrogens is 200 g/mol. The van der Waals surface area contributed by atoms with Gasteiger partial charge in [0.2, 0.25) is 5.91 Å². The quantitative estimate of drug-likeness (QED) is 0.696. The van der Waals surface area contributed by atoms with Gasteiger partial charge >= 0.3 is 0 Å². The van der Waals surface area contributed by atoms with E-state index in [2.05, 4.69) is 5.32 Å². The Kier molecular flexibility index (Phi) is 2.33. The van der Waals surface area contributed by atoms with E-state index in [9.17, 15) is 4.79 Å². The van der Waals surface area contributed by atoms with Gasteiger partial charge in [0.05, 0.1) is 16.8 Å². The Hall–Kier alpha value is -1.22. The first-order valence-electron chi connectivity index (χ1n) is 4.51. The fourth-order valence-electron chi connectivity index (χ4n) is 1.64. The Bertz CT molecular complexity index is 378. The van der Waals surface area contributed by atoms with E-state index >= 15 is 0 Å². The second-order valence-electron chi connectivity index (χ2n) is 3.44. The largest absolute Gasteiger partial charge is 0.398 e. The molecule has 0 spiro atoms. The molecule has 74 valence electrons. The number of nitrogen functional groups attached to an aromatic ring is 1. The van der Waals surface area contributed by atoms with E-state index < -0.39 is 0 Å². The van der Waals surface area contributed by atoms with Crippen molar-refractivity contribution in [3.63, 3.8) is 0 Å². The minimum absolute atomic E-state index is 0.0991. The van der Waals surface area contributed by atoms with Gasteiger partial charge in [-0.1, -0.05) is 17.7 Å². The summed E-state index contributed by atoms with van der Waals surface area (Å²) in [5.41, 5.74) is 7.26. The number of rotatable bonds is 1. The van der Waals surface area contributed by atoms with E-state index in [1.807, 2.05) is 12.1 Å². The Morgan fingerprint density at radius 3 is 2.86 bits per heavy atom. The number of halogens is 1. The van der Waals surface area contributed by atoms with E-state index in [0.29, 0.717) is 17.1 Å². The topological polar surface area (TPSA) is 55.1 Å². The predicted octanol–water partition coefficient (Wildman–Crippen LogP) is 1.87. The molecule has 0 saturated carbocycles. The number of hydrogen-bond acceptors (Lipinski definition) is 2. The van der Waals surface area contributed by atoms with Crippen LogP contribution in [0.2, 0.25) is 5.02 Å². The minimum atomic E-state index is 0.0991. The number of carbonyl (C=O) groups is 1. The molecule has 1 atom stereocenters. The van der Waals surface area contributed by atoms with Gasteiger partial charge in [0, 0.05) is 6.42 Å². The molecule has 1 aliphatic rings. The summed E-state index contributed by atoms with van der Waals surface area (Å²) in [4.78, 5) is 11.0. The molecule has 1 aromatic rings. The van der Waals surface area contributed by atoms with Gasteiger partial charge in [-0.15, -0.1) is 0 Å². The summed E-state index contributed by atoms with van der Waals surface area (Å²) in [5.74, 6) is 0.100. The van der Waals surface area contributed by atoms with E-state index in [0.717, 1.165) is 12.0 Å². The second-order valence-corrected chi connectivity index (χ2v) is 3.85. The van der Waals surface area contributed by atoms with E-state index in [1.54, 1.807) is 6.07 Å². The second kappa shape index (κ2) is 3.50. The van der Waals surface area contributed by atoms with Crippen molar-refractivity contribution >= 4 is 23.2 Å². The summed E-state index contributed by atoms with van der Waals surface area (Å²) >= 11 is 5.80. The van der Waals surface area contributed by atoms with Crippen LogP contribution in [-0.2, 0) is 4.79 Å². The van der Waals surface area contributed by atoms with Crippen LogP contribution >= 0.6 is 11.6 Å². The van der Waals surface area contributed by atoms with Gasteiger partial charge in [0.25, 0.3) is 0 Å². The normalized spacial score (nSPS) is 20.9. The average Bonchev–Trinajstić information content (AvgIpc) is 2.57. The van der Waals surface area contributed by atoms with Crippen LogP contribution in [0.25, 0.3) is 0 Å². The molecule has 0 bridgehead atoms. The van der Waals surface area contributed by atoms with Crippen LogP contribution in [0.5, 0.6) is 0 Å². The van der Waals surface area contributed by atoms with E-state index in [-0.39, 0.29) is 11.9 Å². The standard InChI is InChI=1S/C10H11ClN2O/c11-7-2-1-6(5-8(7)12)9-3-4-10(14)13-9/h1-2,5,9H,3-4,12H2,(H,13,14). The molecule has 3 nitrogen and oxygen atoms in total. The molecule has 1 amide bonds. The monoisotopic (exact) mass is 210 g/mol. The molecular formula is C10H11ClN2O. The average molecular weight is 211 g/mol. The summed E-state index contributed by atoms with van der Waals surface area (Å²) in [6, 6.07) is 5.58. The summed E-state index contributed by atoms with van der Waals surface area (Å²) in [6.07, 6.45) is 1.42. The van der Waals surface area contributed by atoms with Gasteiger partial charge in [0.15, 0.2) is 0 Å². The van der Waals surface area contributed by atoms with E-state index in [1.165, 1.54) is 0 Å². The highest BCUT2D eigenvalue weighted by Crippen LogP contribution is 2.28. The van der Waals surface area contributed by atoms with Crippen LogP contribution < -0.4 is 11.1 Å². The predicted molar refractivity (Wildman–Crippen MR) is 56.0 cm³/mol. The lowest BCUT2D eigenvalue weighted by Gasteiger charge is -2.11. The maximum atomic E-state index is 11.0. The smallest absolute Gasteiger partial charge is 0.220 e. The van der Waals surface area contributed by atoms with Crippen LogP contribution in [0.15, 0.2) is 18.2 Å². The zero-order valence-corrected chi connectivity index (χ0v) is 8.34. The van der Waals surface area contributed by atoms with Crippen molar-refractivity contribution in [2.75, 3.05) is 5.73 Å². The van der Waals surface area contributed by atoms with Crippen molar-refractivity contribution in [3.8, 4) is 0 Å². The molecule has 1 unspecified atom stereocenters. The van der Waals surface area contributed by atoms with Crippen molar-refractivity contribution in [1.82, 2.24) is 5.32 Å². The summed E-state index contributed by atoms with van der Waals surface area (Å²) in [6.45, 7) is 0. The molecule has 0 radical (unpaired) electrons. The molecule has 1 heterocycles. The van der Waals surface area contributed by atoms with Crippen molar-refractivity contribution in [1.29, 1.82) is 0 Å². The lowest BCUT2D eigenvalue weighted by Crippen LogP contribution is -2.18. The van der Waals surface area contributed by atoms with Crippen molar-refractivity contribution < 1.29 is 4.79 Å². The Morgan fingerprint density at radius 2 is 2.29 bits per heavy atom. The molecule has 1 fully saturated rings. The number of nitrogens with two attached hydrogens (primary N) is 1. The molecule has 14 heavy (non-hydrogen) atoms. The maximum absolute atomic E-state index is 11.0. The SMILES string of the molecule is Nc1cc(C2CCC(=O)N2)ccc1Cl. The van der Waals surface area contributed by atoms with Gasteiger partial charge in [-0.25, -0.2) is 0 Å². The summed E-state index contributed by atoms with van der Waals surface area (Å²) in [5, 5.41) is 3.43. The van der Waals surface area contributed by atoms with Gasteiger partial charge in [0.1, 0.15) is 0 Å². The van der Waals surface area contributed by atoms with Crippen LogP contribution in [0, 0.1) is 0 Å². The Labute approximate surface area is 87.2 Å². The van der Waals surface area contributed by atoms with Gasteiger partial charge in [-0.2, -0.15) is 0 Å². The lowest BCUT2D eigenvalue weighted by molar-refractivity contribution is -0.119. The van der Waals surface area contributed by atoms with Crippen molar-refractivity contribution in [3.05, 3.63) is 28.8 Å². The van der Waals surface area contributed by atoms with Crippen molar-refractivity contribution in [2.45, 2.75) is 18.9 Å². The third-order valence-corrected chi connectivity index (χ3v) is 2.76. The molecule has 3 N–H and O–H groups in total. The summed E-state index contributed by atoms with van der Waals surface area (Å²) in [7, 11) is 0. The number of benzene rings is 1. The minimum Gasteiger partial charge on any atom is -0.398 e. The maximum Gasteiger partial charge on any atom is 0.220 e. The van der Waals surface area contributed by atoms with Gasteiger partial charge in [-0.05, 0) is 24.1 Å². The first-order valence-corrected chi connectivity index (χ1v) is 4.89. The number of carbonyl (C=O) groups excluding carboxylic acids is 1. The molecule has 2 rings (SSSR count). The van der Waals surface area contributed by atoms with E-state index in [4.69, 9.17) is 17.3 Å². The number of anilines is 1. The number of hydrogen-bond donors (Lipinski definition) is 2. The fourth-order valence-corrected chi connectivity index (χ4v) is 1.76. The van der Waals surface area contributed by atoms with Crippen LogP contribution in [-0.4, -0.2) is 5.91 Å². The molecule has 1 aliphatic heterocycles. The molecule has 1 saturated heterocycles. The first kappa shape index (κ1) is 9.34. The highest BCUT2D eigenvalue weighted by Gasteiger charge is 2.22. The Morgan fingerprint density at radius 1 is 1.50 bits per heavy atom. The third kappa shape index (κ3) is 1.68. The molecule has 0 aliphatic carbocycles. The van der Waals surface area contributed by atoms with Gasteiger partial charge < -0.3 is 11.1 Å². The lowest BCUT2D eigenvalue weighted by atomic mass is 10.1. The highest BCUT2D eigenvalue weighted by atomic mass is 35.5. The third-order valence-electron chi connectivity index (χ3n) is 2.42. The number of amides is 1. The van der Waals surface area contributed by atoms with Crippen molar-refractivity contribution in [2.24, 2.45) is 0 Å². The Balaban J connectivity index is 2.24. The zero-order chi connectivity index (χ0) is 10.1.